The number of ether oxygens (including phenoxy) is 3. The maximum atomic E-state index is 13.5. The zero-order valence-corrected chi connectivity index (χ0v) is 25.2. The average molecular weight is 606 g/mol. The number of anilines is 1. The lowest BCUT2D eigenvalue weighted by atomic mass is 10.1. The molecule has 3 heterocycles. The first-order valence-electron chi connectivity index (χ1n) is 13.0. The molecule has 13 nitrogen and oxygen atoms in total. The number of nitrogens with one attached hydrogen (secondary N) is 1. The van der Waals surface area contributed by atoms with Crippen LogP contribution >= 0.6 is 11.3 Å². The highest BCUT2D eigenvalue weighted by atomic mass is 32.2. The van der Waals surface area contributed by atoms with Crippen LogP contribution in [0.5, 0.6) is 5.88 Å². The minimum absolute atomic E-state index is 0.104. The van der Waals surface area contributed by atoms with Crippen molar-refractivity contribution >= 4 is 48.5 Å². The molecule has 1 aliphatic rings. The van der Waals surface area contributed by atoms with Crippen molar-refractivity contribution in [2.45, 2.75) is 4.90 Å². The number of methoxy groups -OCH3 is 1. The van der Waals surface area contributed by atoms with E-state index in [2.05, 4.69) is 20.4 Å². The van der Waals surface area contributed by atoms with Crippen LogP contribution < -0.4 is 10.1 Å². The Bertz CT molecular complexity index is 1450. The molecule has 0 atom stereocenters. The standard InChI is InChI=1S/C26H35N7O6S2/c1-31(2)11-18-39-22-10-9-21-25(28-22)40-26(27-21)29-24(34)23(30-33-13-16-38-17-14-33)19-5-7-20(8-6-19)41(35,36)32(3)12-15-37-4/h5-10H,11-18H2,1-4H3,(H,27,29,34)/b30-23+. The van der Waals surface area contributed by atoms with E-state index in [4.69, 9.17) is 14.2 Å². The van der Waals surface area contributed by atoms with Crippen molar-refractivity contribution in [3.05, 3.63) is 42.0 Å². The normalized spacial score (nSPS) is 14.7. The predicted molar refractivity (Wildman–Crippen MR) is 157 cm³/mol. The highest BCUT2D eigenvalue weighted by Crippen LogP contribution is 2.26. The summed E-state index contributed by atoms with van der Waals surface area (Å²) in [5.41, 5.74) is 1.22. The molecular weight excluding hydrogens is 570 g/mol. The quantitative estimate of drug-likeness (QED) is 0.286. The highest BCUT2D eigenvalue weighted by Gasteiger charge is 2.23. The Balaban J connectivity index is 1.55. The topological polar surface area (TPSA) is 139 Å². The van der Waals surface area contributed by atoms with Gasteiger partial charge in [-0.05, 0) is 32.3 Å². The molecular formula is C26H35N7O6S2. The molecule has 1 saturated heterocycles. The number of morpholine rings is 1. The molecule has 0 radical (unpaired) electrons. The number of hydrogen-bond acceptors (Lipinski definition) is 12. The number of benzene rings is 1. The van der Waals surface area contributed by atoms with E-state index >= 15 is 0 Å². The smallest absolute Gasteiger partial charge is 0.278 e. The number of likely N-dealkylation sites (N-methyl/N-ethyl adjacent to an activating group) is 2. The van der Waals surface area contributed by atoms with Crippen LogP contribution in [-0.2, 0) is 24.3 Å². The van der Waals surface area contributed by atoms with Gasteiger partial charge in [-0.25, -0.2) is 18.4 Å². The highest BCUT2D eigenvalue weighted by molar-refractivity contribution is 7.89. The molecule has 222 valence electrons. The van der Waals surface area contributed by atoms with Gasteiger partial charge >= 0.3 is 0 Å². The van der Waals surface area contributed by atoms with Crippen molar-refractivity contribution in [1.82, 2.24) is 24.2 Å². The summed E-state index contributed by atoms with van der Waals surface area (Å²) in [5, 5.41) is 9.56. The summed E-state index contributed by atoms with van der Waals surface area (Å²) in [6.45, 7) is 3.78. The van der Waals surface area contributed by atoms with E-state index in [9.17, 15) is 13.2 Å². The predicted octanol–water partition coefficient (Wildman–Crippen LogP) is 1.57. The van der Waals surface area contributed by atoms with Crippen molar-refractivity contribution in [1.29, 1.82) is 0 Å². The molecule has 0 aliphatic carbocycles. The van der Waals surface area contributed by atoms with Crippen LogP contribution in [0, 0.1) is 0 Å². The molecule has 41 heavy (non-hydrogen) atoms. The number of rotatable bonds is 13. The minimum atomic E-state index is -3.72. The van der Waals surface area contributed by atoms with Crippen LogP contribution in [0.4, 0.5) is 5.13 Å². The van der Waals surface area contributed by atoms with E-state index in [0.29, 0.717) is 59.8 Å². The van der Waals surface area contributed by atoms with Crippen LogP contribution in [0.15, 0.2) is 46.4 Å². The fourth-order valence-electron chi connectivity index (χ4n) is 3.76. The third kappa shape index (κ3) is 8.18. The zero-order valence-electron chi connectivity index (χ0n) is 23.6. The largest absolute Gasteiger partial charge is 0.476 e. The first-order chi connectivity index (χ1) is 19.7. The van der Waals surface area contributed by atoms with E-state index in [1.807, 2.05) is 19.0 Å². The van der Waals surface area contributed by atoms with Gasteiger partial charge in [0.1, 0.15) is 17.0 Å². The van der Waals surface area contributed by atoms with E-state index in [1.54, 1.807) is 29.3 Å². The minimum Gasteiger partial charge on any atom is -0.476 e. The van der Waals surface area contributed by atoms with E-state index < -0.39 is 15.9 Å². The second-order valence-corrected chi connectivity index (χ2v) is 12.5. The van der Waals surface area contributed by atoms with E-state index in [1.165, 1.54) is 41.9 Å². The molecule has 3 aromatic rings. The van der Waals surface area contributed by atoms with Crippen molar-refractivity contribution in [2.75, 3.05) is 86.2 Å². The first-order valence-corrected chi connectivity index (χ1v) is 15.3. The molecule has 1 N–H and O–H groups in total. The molecule has 2 aromatic heterocycles. The van der Waals surface area contributed by atoms with Gasteiger partial charge in [-0.1, -0.05) is 23.5 Å². The molecule has 1 fully saturated rings. The van der Waals surface area contributed by atoms with Crippen molar-refractivity contribution in [3.63, 3.8) is 0 Å². The summed E-state index contributed by atoms with van der Waals surface area (Å²) in [6, 6.07) is 9.63. The molecule has 4 rings (SSSR count). The average Bonchev–Trinajstić information content (AvgIpc) is 3.36. The number of hydrogen-bond donors (Lipinski definition) is 1. The molecule has 0 unspecified atom stereocenters. The maximum absolute atomic E-state index is 13.5. The van der Waals surface area contributed by atoms with Gasteiger partial charge in [-0.15, -0.1) is 0 Å². The number of sulfonamides is 1. The Morgan fingerprint density at radius 3 is 2.49 bits per heavy atom. The van der Waals surface area contributed by atoms with Crippen LogP contribution in [-0.4, -0.2) is 125 Å². The van der Waals surface area contributed by atoms with Crippen molar-refractivity contribution < 1.29 is 27.4 Å². The number of nitrogens with zero attached hydrogens (tertiary/aromatic N) is 6. The number of fused-ring (bicyclic) bond motifs is 1. The van der Waals surface area contributed by atoms with Gasteiger partial charge in [0.05, 0.1) is 37.8 Å². The zero-order chi connectivity index (χ0) is 29.4. The summed E-state index contributed by atoms with van der Waals surface area (Å²) in [7, 11) is 3.22. The van der Waals surface area contributed by atoms with Crippen LogP contribution in [0.3, 0.4) is 0 Å². The monoisotopic (exact) mass is 605 g/mol. The third-order valence-corrected chi connectivity index (χ3v) is 8.88. The SMILES string of the molecule is COCCN(C)S(=O)(=O)c1ccc(/C(=N\N2CCOCC2)C(=O)Nc2nc3ccc(OCCN(C)C)nc3s2)cc1. The van der Waals surface area contributed by atoms with Gasteiger partial charge < -0.3 is 19.1 Å². The Labute approximate surface area is 243 Å². The van der Waals surface area contributed by atoms with Gasteiger partial charge in [0.25, 0.3) is 5.91 Å². The number of aromatic nitrogens is 2. The van der Waals surface area contributed by atoms with Gasteiger partial charge in [0, 0.05) is 38.9 Å². The first kappa shape index (κ1) is 30.7. The lowest BCUT2D eigenvalue weighted by Crippen LogP contribution is -2.35. The molecule has 1 aromatic carbocycles. The molecule has 1 amide bonds. The van der Waals surface area contributed by atoms with Crippen molar-refractivity contribution in [2.24, 2.45) is 5.10 Å². The lowest BCUT2D eigenvalue weighted by Gasteiger charge is -2.25. The summed E-state index contributed by atoms with van der Waals surface area (Å²) >= 11 is 1.23. The number of carbonyl (C=O) groups excluding carboxylic acids is 1. The molecule has 15 heteroatoms. The summed E-state index contributed by atoms with van der Waals surface area (Å²) in [4.78, 5) is 25.3. The lowest BCUT2D eigenvalue weighted by molar-refractivity contribution is -0.110. The molecule has 0 bridgehead atoms. The number of pyridine rings is 1. The van der Waals surface area contributed by atoms with Gasteiger partial charge in [0.2, 0.25) is 15.9 Å². The van der Waals surface area contributed by atoms with Crippen LogP contribution in [0.2, 0.25) is 0 Å². The van der Waals surface area contributed by atoms with E-state index in [0.717, 1.165) is 6.54 Å². The molecule has 1 aliphatic heterocycles. The van der Waals surface area contributed by atoms with Crippen LogP contribution in [0.25, 0.3) is 10.3 Å². The number of amides is 1. The van der Waals surface area contributed by atoms with Crippen LogP contribution in [0.1, 0.15) is 5.56 Å². The molecule has 0 spiro atoms. The second kappa shape index (κ2) is 14.1. The van der Waals surface area contributed by atoms with Gasteiger partial charge in [-0.2, -0.15) is 9.41 Å². The third-order valence-electron chi connectivity index (χ3n) is 6.13. The summed E-state index contributed by atoms with van der Waals surface area (Å²) < 4.78 is 43.2. The maximum Gasteiger partial charge on any atom is 0.278 e. The fourth-order valence-corrected chi connectivity index (χ4v) is 5.74. The number of carbonyl (C=O) groups is 1. The Morgan fingerprint density at radius 2 is 1.80 bits per heavy atom. The fraction of sp³-hybridized carbons (Fsp3) is 0.462. The Hall–Kier alpha value is -3.21. The second-order valence-electron chi connectivity index (χ2n) is 9.46. The summed E-state index contributed by atoms with van der Waals surface area (Å²) in [5.74, 6) is 0.00387. The van der Waals surface area contributed by atoms with Crippen molar-refractivity contribution in [3.8, 4) is 5.88 Å². The Kier molecular flexibility index (Phi) is 10.6. The summed E-state index contributed by atoms with van der Waals surface area (Å²) in [6.07, 6.45) is 0. The number of thiazole rings is 1. The van der Waals surface area contributed by atoms with Gasteiger partial charge in [-0.3, -0.25) is 15.1 Å². The van der Waals surface area contributed by atoms with E-state index in [-0.39, 0.29) is 23.8 Å². The molecule has 0 saturated carbocycles. The van der Waals surface area contributed by atoms with Gasteiger partial charge in [0.15, 0.2) is 10.8 Å². The Morgan fingerprint density at radius 1 is 1.07 bits per heavy atom. The number of hydrazone groups is 1.